The lowest BCUT2D eigenvalue weighted by molar-refractivity contribution is 0.00487. The van der Waals surface area contributed by atoms with E-state index in [1.165, 1.54) is 23.3 Å². The molecule has 32 heavy (non-hydrogen) atoms. The third-order valence-corrected chi connectivity index (χ3v) is 5.67. The average Bonchev–Trinajstić information content (AvgIpc) is 2.78. The molecule has 1 aliphatic heterocycles. The summed E-state index contributed by atoms with van der Waals surface area (Å²) in [6, 6.07) is 23.7. The number of fused-ring (bicyclic) bond motifs is 1. The number of aryl methyl sites for hydroxylation is 1. The number of ether oxygens (including phenoxy) is 2. The van der Waals surface area contributed by atoms with Gasteiger partial charge in [0.25, 0.3) is 10.1 Å². The van der Waals surface area contributed by atoms with Crippen molar-refractivity contribution >= 4 is 16.3 Å². The first-order chi connectivity index (χ1) is 15.3. The van der Waals surface area contributed by atoms with Gasteiger partial charge in [0.15, 0.2) is 6.23 Å². The molecule has 168 valence electrons. The lowest BCUT2D eigenvalue weighted by Crippen LogP contribution is -2.39. The van der Waals surface area contributed by atoms with Crippen molar-refractivity contribution in [2.45, 2.75) is 37.6 Å². The van der Waals surface area contributed by atoms with Crippen LogP contribution in [-0.2, 0) is 39.2 Å². The summed E-state index contributed by atoms with van der Waals surface area (Å²) >= 11 is 0. The second kappa shape index (κ2) is 10.9. The SMILES string of the molecule is Cc1ccc(S(=O)(=O)O)cc1.O=C(OCc1ccccc1)OC1Cc2ccccc2CN1. The van der Waals surface area contributed by atoms with Gasteiger partial charge in [-0.1, -0.05) is 72.3 Å². The highest BCUT2D eigenvalue weighted by Crippen LogP contribution is 2.17. The van der Waals surface area contributed by atoms with E-state index < -0.39 is 16.3 Å². The topological polar surface area (TPSA) is 102 Å². The largest absolute Gasteiger partial charge is 0.510 e. The van der Waals surface area contributed by atoms with Crippen molar-refractivity contribution in [3.63, 3.8) is 0 Å². The average molecular weight is 456 g/mol. The quantitative estimate of drug-likeness (QED) is 0.448. The fourth-order valence-corrected chi connectivity index (χ4v) is 3.57. The van der Waals surface area contributed by atoms with Gasteiger partial charge in [-0.3, -0.25) is 9.87 Å². The monoisotopic (exact) mass is 455 g/mol. The van der Waals surface area contributed by atoms with E-state index in [2.05, 4.69) is 17.4 Å². The number of carbonyl (C=O) groups is 1. The molecule has 3 aromatic rings. The summed E-state index contributed by atoms with van der Waals surface area (Å²) in [5.41, 5.74) is 4.35. The predicted molar refractivity (Wildman–Crippen MR) is 119 cm³/mol. The van der Waals surface area contributed by atoms with Crippen LogP contribution < -0.4 is 5.32 Å². The predicted octanol–water partition coefficient (Wildman–Crippen LogP) is 4.25. The minimum Gasteiger partial charge on any atom is -0.429 e. The van der Waals surface area contributed by atoms with Gasteiger partial charge in [-0.15, -0.1) is 0 Å². The molecular formula is C24H25NO6S. The third kappa shape index (κ3) is 7.19. The van der Waals surface area contributed by atoms with Crippen LogP contribution in [0.2, 0.25) is 0 Å². The molecule has 3 aromatic carbocycles. The summed E-state index contributed by atoms with van der Waals surface area (Å²) in [6.45, 7) is 2.77. The Morgan fingerprint density at radius 1 is 0.969 bits per heavy atom. The number of benzene rings is 3. The zero-order valence-electron chi connectivity index (χ0n) is 17.6. The molecule has 1 atom stereocenters. The number of carbonyl (C=O) groups excluding carboxylic acids is 1. The third-order valence-electron chi connectivity index (χ3n) is 4.80. The van der Waals surface area contributed by atoms with E-state index in [-0.39, 0.29) is 17.7 Å². The molecular weight excluding hydrogens is 430 g/mol. The van der Waals surface area contributed by atoms with Crippen LogP contribution in [0.15, 0.2) is 83.8 Å². The van der Waals surface area contributed by atoms with Crippen LogP contribution in [0.4, 0.5) is 4.79 Å². The van der Waals surface area contributed by atoms with Crippen LogP contribution in [0, 0.1) is 6.92 Å². The molecule has 0 fully saturated rings. The zero-order valence-corrected chi connectivity index (χ0v) is 18.4. The Bertz CT molecular complexity index is 1130. The van der Waals surface area contributed by atoms with Crippen LogP contribution in [0.1, 0.15) is 22.3 Å². The van der Waals surface area contributed by atoms with Gasteiger partial charge in [0.2, 0.25) is 0 Å². The highest BCUT2D eigenvalue weighted by molar-refractivity contribution is 7.85. The minimum absolute atomic E-state index is 0.0666. The second-order valence-electron chi connectivity index (χ2n) is 7.27. The maximum Gasteiger partial charge on any atom is 0.510 e. The van der Waals surface area contributed by atoms with Crippen LogP contribution in [-0.4, -0.2) is 25.4 Å². The minimum atomic E-state index is -4.02. The fourth-order valence-electron chi connectivity index (χ4n) is 3.09. The van der Waals surface area contributed by atoms with Crippen LogP contribution >= 0.6 is 0 Å². The van der Waals surface area contributed by atoms with E-state index in [4.69, 9.17) is 14.0 Å². The molecule has 1 heterocycles. The number of hydrogen-bond donors (Lipinski definition) is 2. The van der Waals surface area contributed by atoms with Crippen molar-refractivity contribution in [3.8, 4) is 0 Å². The van der Waals surface area contributed by atoms with Crippen molar-refractivity contribution < 1.29 is 27.2 Å². The Morgan fingerprint density at radius 3 is 2.25 bits per heavy atom. The van der Waals surface area contributed by atoms with E-state index in [0.717, 1.165) is 11.1 Å². The highest BCUT2D eigenvalue weighted by atomic mass is 32.2. The molecule has 0 aliphatic carbocycles. The Hall–Kier alpha value is -3.20. The molecule has 7 nitrogen and oxygen atoms in total. The number of hydrogen-bond acceptors (Lipinski definition) is 6. The summed E-state index contributed by atoms with van der Waals surface area (Å²) in [7, 11) is -4.02. The highest BCUT2D eigenvalue weighted by Gasteiger charge is 2.21. The molecule has 0 aromatic heterocycles. The van der Waals surface area contributed by atoms with E-state index in [1.807, 2.05) is 49.4 Å². The van der Waals surface area contributed by atoms with E-state index in [0.29, 0.717) is 13.0 Å². The van der Waals surface area contributed by atoms with Crippen molar-refractivity contribution in [1.29, 1.82) is 0 Å². The van der Waals surface area contributed by atoms with Gasteiger partial charge in [-0.25, -0.2) is 4.79 Å². The molecule has 0 amide bonds. The van der Waals surface area contributed by atoms with Gasteiger partial charge in [-0.05, 0) is 35.7 Å². The molecule has 0 saturated carbocycles. The molecule has 0 bridgehead atoms. The van der Waals surface area contributed by atoms with Gasteiger partial charge in [0.05, 0.1) is 4.90 Å². The first-order valence-corrected chi connectivity index (χ1v) is 11.5. The van der Waals surface area contributed by atoms with Crippen molar-refractivity contribution in [2.24, 2.45) is 0 Å². The summed E-state index contributed by atoms with van der Waals surface area (Å²) in [6.07, 6.45) is -0.310. The lowest BCUT2D eigenvalue weighted by atomic mass is 10.0. The normalized spacial score (nSPS) is 15.0. The van der Waals surface area contributed by atoms with E-state index in [9.17, 15) is 13.2 Å². The van der Waals surface area contributed by atoms with Gasteiger partial charge in [0, 0.05) is 13.0 Å². The van der Waals surface area contributed by atoms with Gasteiger partial charge in [0.1, 0.15) is 6.61 Å². The second-order valence-corrected chi connectivity index (χ2v) is 8.69. The molecule has 0 spiro atoms. The Labute approximate surface area is 187 Å². The van der Waals surface area contributed by atoms with Crippen molar-refractivity contribution in [1.82, 2.24) is 5.32 Å². The summed E-state index contributed by atoms with van der Waals surface area (Å²) in [4.78, 5) is 11.6. The van der Waals surface area contributed by atoms with Gasteiger partial charge in [-0.2, -0.15) is 8.42 Å². The first kappa shape index (κ1) is 23.5. The smallest absolute Gasteiger partial charge is 0.429 e. The molecule has 8 heteroatoms. The molecule has 4 rings (SSSR count). The Kier molecular flexibility index (Phi) is 7.99. The number of nitrogens with one attached hydrogen (secondary N) is 1. The molecule has 0 saturated heterocycles. The van der Waals surface area contributed by atoms with Crippen LogP contribution in [0.25, 0.3) is 0 Å². The molecule has 1 aliphatic rings. The van der Waals surface area contributed by atoms with Crippen LogP contribution in [0.3, 0.4) is 0 Å². The Morgan fingerprint density at radius 2 is 1.59 bits per heavy atom. The number of rotatable bonds is 4. The lowest BCUT2D eigenvalue weighted by Gasteiger charge is -2.25. The summed E-state index contributed by atoms with van der Waals surface area (Å²) in [5.74, 6) is 0. The maximum atomic E-state index is 11.7. The van der Waals surface area contributed by atoms with Crippen molar-refractivity contribution in [2.75, 3.05) is 0 Å². The molecule has 0 radical (unpaired) electrons. The standard InChI is InChI=1S/C17H17NO3.C7H8O3S/c19-17(20-12-13-6-2-1-3-7-13)21-16-10-14-8-4-5-9-15(14)11-18-16;1-6-2-4-7(5-3-6)11(8,9)10/h1-9,16,18H,10-12H2;2-5H,1H3,(H,8,9,10). The molecule has 1 unspecified atom stereocenters. The van der Waals surface area contributed by atoms with E-state index in [1.54, 1.807) is 12.1 Å². The zero-order chi connectivity index (χ0) is 23.0. The summed E-state index contributed by atoms with van der Waals surface area (Å²) in [5, 5.41) is 3.18. The van der Waals surface area contributed by atoms with E-state index >= 15 is 0 Å². The Balaban J connectivity index is 0.000000222. The molecule has 2 N–H and O–H groups in total. The van der Waals surface area contributed by atoms with Gasteiger partial charge < -0.3 is 9.47 Å². The summed E-state index contributed by atoms with van der Waals surface area (Å²) < 4.78 is 40.0. The van der Waals surface area contributed by atoms with Gasteiger partial charge >= 0.3 is 6.16 Å². The first-order valence-electron chi connectivity index (χ1n) is 10.0. The maximum absolute atomic E-state index is 11.7. The fraction of sp³-hybridized carbons (Fsp3) is 0.208. The van der Waals surface area contributed by atoms with Crippen LogP contribution in [0.5, 0.6) is 0 Å². The van der Waals surface area contributed by atoms with Crippen molar-refractivity contribution in [3.05, 3.63) is 101 Å².